The Morgan fingerprint density at radius 3 is 2.44 bits per heavy atom. The van der Waals surface area contributed by atoms with Crippen molar-refractivity contribution >= 4 is 21.1 Å². The second-order valence-electron chi connectivity index (χ2n) is 9.82. The van der Waals surface area contributed by atoms with Gasteiger partial charge in [0, 0.05) is 82.2 Å². The Morgan fingerprint density at radius 2 is 1.83 bits per heavy atom. The van der Waals surface area contributed by atoms with Crippen LogP contribution >= 0.6 is 0 Å². The van der Waals surface area contributed by atoms with Gasteiger partial charge in [0.2, 0.25) is 0 Å². The molecule has 0 saturated carbocycles. The molecule has 0 aliphatic carbocycles. The van der Waals surface area contributed by atoms with E-state index in [1.807, 2.05) is 35.5 Å². The minimum Gasteiger partial charge on any atom is -0.356 e. The Labute approximate surface area is 211 Å². The van der Waals surface area contributed by atoms with Crippen LogP contribution in [0.15, 0.2) is 53.5 Å². The zero-order chi connectivity index (χ0) is 25.4. The number of hydrogen-bond acceptors (Lipinski definition) is 7. The first-order chi connectivity index (χ1) is 17.2. The molecule has 9 nitrogen and oxygen atoms in total. The van der Waals surface area contributed by atoms with E-state index in [2.05, 4.69) is 51.5 Å². The zero-order valence-corrected chi connectivity index (χ0v) is 21.8. The third-order valence-electron chi connectivity index (χ3n) is 6.45. The highest BCUT2D eigenvalue weighted by atomic mass is 32.2. The highest BCUT2D eigenvalue weighted by molar-refractivity contribution is 7.92. The molecule has 0 N–H and O–H groups in total. The fourth-order valence-electron chi connectivity index (χ4n) is 4.64. The van der Waals surface area contributed by atoms with Crippen LogP contribution in [0.25, 0.3) is 27.8 Å². The molecule has 5 rings (SSSR count). The van der Waals surface area contributed by atoms with E-state index in [-0.39, 0.29) is 12.1 Å². The first-order valence-electron chi connectivity index (χ1n) is 12.1. The van der Waals surface area contributed by atoms with Gasteiger partial charge in [0.15, 0.2) is 0 Å². The number of rotatable bonds is 5. The van der Waals surface area contributed by atoms with Gasteiger partial charge < -0.3 is 4.90 Å². The zero-order valence-electron chi connectivity index (χ0n) is 21.0. The van der Waals surface area contributed by atoms with Crippen LogP contribution < -0.4 is 4.90 Å². The molecule has 0 unspecified atom stereocenters. The maximum atomic E-state index is 12.0. The van der Waals surface area contributed by atoms with Gasteiger partial charge in [0.1, 0.15) is 11.9 Å². The van der Waals surface area contributed by atoms with E-state index in [9.17, 15) is 9.47 Å². The molecule has 1 fully saturated rings. The van der Waals surface area contributed by atoms with Crippen molar-refractivity contribution in [1.82, 2.24) is 24.4 Å². The van der Waals surface area contributed by atoms with E-state index in [0.29, 0.717) is 5.56 Å². The molecule has 0 atom stereocenters. The van der Waals surface area contributed by atoms with Crippen molar-refractivity contribution in [1.29, 1.82) is 5.26 Å². The monoisotopic (exact) mass is 502 g/mol. The van der Waals surface area contributed by atoms with Gasteiger partial charge in [-0.15, -0.1) is 0 Å². The number of pyridine rings is 2. The van der Waals surface area contributed by atoms with E-state index in [1.165, 1.54) is 0 Å². The first kappa shape index (κ1) is 24.0. The molecule has 186 valence electrons. The van der Waals surface area contributed by atoms with Crippen LogP contribution in [-0.2, 0) is 9.73 Å². The summed E-state index contributed by atoms with van der Waals surface area (Å²) < 4.78 is 20.2. The Kier molecular flexibility index (Phi) is 6.26. The van der Waals surface area contributed by atoms with Crippen molar-refractivity contribution in [3.05, 3.63) is 54.7 Å². The summed E-state index contributed by atoms with van der Waals surface area (Å²) in [5.41, 5.74) is 5.05. The summed E-state index contributed by atoms with van der Waals surface area (Å²) in [4.78, 5) is 7.01. The predicted molar refractivity (Wildman–Crippen MR) is 142 cm³/mol. The van der Waals surface area contributed by atoms with E-state index in [4.69, 9.17) is 4.98 Å². The van der Waals surface area contributed by atoms with Gasteiger partial charge in [-0.1, -0.05) is 0 Å². The molecular formula is C26H30N8OS. The first-order valence-corrected chi connectivity index (χ1v) is 14.4. The lowest BCUT2D eigenvalue weighted by Crippen LogP contribution is -2.36. The summed E-state index contributed by atoms with van der Waals surface area (Å²) in [6.45, 7) is 5.84. The van der Waals surface area contributed by atoms with Gasteiger partial charge in [0.25, 0.3) is 0 Å². The van der Waals surface area contributed by atoms with Crippen molar-refractivity contribution in [2.45, 2.75) is 38.8 Å². The summed E-state index contributed by atoms with van der Waals surface area (Å²) in [6.07, 6.45) is 14.4. The summed E-state index contributed by atoms with van der Waals surface area (Å²) >= 11 is 0. The molecule has 10 heteroatoms. The lowest BCUT2D eigenvalue weighted by molar-refractivity contribution is 0.502. The minimum atomic E-state index is -2.08. The fourth-order valence-corrected chi connectivity index (χ4v) is 5.57. The number of anilines is 1. The molecule has 0 amide bonds. The molecule has 0 spiro atoms. The third kappa shape index (κ3) is 4.84. The number of fused-ring (bicyclic) bond motifs is 1. The maximum absolute atomic E-state index is 12.0. The van der Waals surface area contributed by atoms with Crippen molar-refractivity contribution in [3.8, 4) is 28.3 Å². The molecule has 0 bridgehead atoms. The number of nitriles is 1. The Hall–Kier alpha value is -3.71. The van der Waals surface area contributed by atoms with E-state index in [0.717, 1.165) is 59.5 Å². The highest BCUT2D eigenvalue weighted by Crippen LogP contribution is 2.33. The normalized spacial score (nSPS) is 14.9. The summed E-state index contributed by atoms with van der Waals surface area (Å²) in [7, 11) is -2.08. The summed E-state index contributed by atoms with van der Waals surface area (Å²) in [5, 5.41) is 18.6. The van der Waals surface area contributed by atoms with Crippen LogP contribution in [0.3, 0.4) is 0 Å². The molecule has 4 aromatic rings. The van der Waals surface area contributed by atoms with E-state index >= 15 is 0 Å². The molecular weight excluding hydrogens is 472 g/mol. The van der Waals surface area contributed by atoms with Gasteiger partial charge in [-0.3, -0.25) is 8.89 Å². The lowest BCUT2D eigenvalue weighted by Gasteiger charge is -2.31. The number of aromatic nitrogens is 5. The van der Waals surface area contributed by atoms with Gasteiger partial charge in [-0.25, -0.2) is 13.9 Å². The maximum Gasteiger partial charge on any atom is 0.128 e. The molecule has 0 radical (unpaired) electrons. The van der Waals surface area contributed by atoms with Crippen LogP contribution in [-0.4, -0.2) is 60.2 Å². The van der Waals surface area contributed by atoms with Crippen molar-refractivity contribution in [2.75, 3.05) is 30.5 Å². The summed E-state index contributed by atoms with van der Waals surface area (Å²) in [6, 6.07) is 8.83. The van der Waals surface area contributed by atoms with Crippen LogP contribution in [0, 0.1) is 11.3 Å². The Morgan fingerprint density at radius 1 is 1.06 bits per heavy atom. The van der Waals surface area contributed by atoms with Crippen molar-refractivity contribution in [2.24, 2.45) is 4.36 Å². The second kappa shape index (κ2) is 9.39. The minimum absolute atomic E-state index is 0.144. The number of hydrogen-bond donors (Lipinski definition) is 0. The van der Waals surface area contributed by atoms with Crippen molar-refractivity contribution < 1.29 is 4.21 Å². The van der Waals surface area contributed by atoms with Crippen molar-refractivity contribution in [3.63, 3.8) is 0 Å². The topological polar surface area (TPSA) is 104 Å². The molecule has 1 aliphatic heterocycles. The largest absolute Gasteiger partial charge is 0.356 e. The molecule has 5 heterocycles. The molecule has 4 aromatic heterocycles. The smallest absolute Gasteiger partial charge is 0.128 e. The van der Waals surface area contributed by atoms with Gasteiger partial charge >= 0.3 is 0 Å². The van der Waals surface area contributed by atoms with Crippen LogP contribution in [0.4, 0.5) is 5.82 Å². The van der Waals surface area contributed by atoms with Crippen LogP contribution in [0.1, 0.15) is 38.3 Å². The van der Waals surface area contributed by atoms with Gasteiger partial charge in [-0.2, -0.15) is 15.5 Å². The fraction of sp³-hybridized carbons (Fsp3) is 0.385. The van der Waals surface area contributed by atoms with Crippen LogP contribution in [0.5, 0.6) is 0 Å². The molecule has 1 aliphatic rings. The lowest BCUT2D eigenvalue weighted by atomic mass is 10.0. The van der Waals surface area contributed by atoms with E-state index in [1.54, 1.807) is 23.2 Å². The second-order valence-corrected chi connectivity index (χ2v) is 12.4. The number of piperidine rings is 1. The van der Waals surface area contributed by atoms with Crippen LogP contribution in [0.2, 0.25) is 0 Å². The quantitative estimate of drug-likeness (QED) is 0.400. The summed E-state index contributed by atoms with van der Waals surface area (Å²) in [5.74, 6) is 0.908. The third-order valence-corrected chi connectivity index (χ3v) is 7.25. The standard InChI is InChI=1S/C26H30N8OS/c1-18(2)33-17-22(15-29-33)20-11-24(26-21(12-27)14-30-34(26)16-20)19-5-6-25(28-13-19)32-9-7-23(8-10-32)31-36(3,4)35/h5-6,11,13-18,23H,7-10H2,1-4H3. The highest BCUT2D eigenvalue weighted by Gasteiger charge is 2.21. The Bertz CT molecular complexity index is 1550. The number of nitrogens with zero attached hydrogens (tertiary/aromatic N) is 8. The molecule has 0 aromatic carbocycles. The van der Waals surface area contributed by atoms with Gasteiger partial charge in [-0.05, 0) is 44.9 Å². The average molecular weight is 503 g/mol. The van der Waals surface area contributed by atoms with Gasteiger partial charge in [0.05, 0.1) is 29.5 Å². The Balaban J connectivity index is 1.47. The SMILES string of the molecule is CC(C)n1cc(-c2cc(-c3ccc(N4CCC(N=S(C)(C)=O)CC4)nc3)c3c(C#N)cnn3c2)cn1. The predicted octanol–water partition coefficient (Wildman–Crippen LogP) is 4.41. The molecule has 1 saturated heterocycles. The average Bonchev–Trinajstić information content (AvgIpc) is 3.51. The molecule has 36 heavy (non-hydrogen) atoms. The van der Waals surface area contributed by atoms with E-state index < -0.39 is 9.73 Å².